The summed E-state index contributed by atoms with van der Waals surface area (Å²) in [6.07, 6.45) is 0. The smallest absolute Gasteiger partial charge is 0.253 e. The fourth-order valence-corrected chi connectivity index (χ4v) is 5.99. The Bertz CT molecular complexity index is 1440. The van der Waals surface area contributed by atoms with E-state index in [9.17, 15) is 13.2 Å². The van der Waals surface area contributed by atoms with E-state index in [0.717, 1.165) is 10.4 Å². The molecule has 7 nitrogen and oxygen atoms in total. The minimum atomic E-state index is -3.92. The number of sulfone groups is 1. The first-order valence-electron chi connectivity index (χ1n) is 11.0. The minimum Gasteiger partial charge on any atom is -0.418 e. The van der Waals surface area contributed by atoms with E-state index in [4.69, 9.17) is 16.0 Å². The molecule has 0 N–H and O–H groups in total. The summed E-state index contributed by atoms with van der Waals surface area (Å²) in [7, 11) is -3.92. The molecule has 0 atom stereocenters. The van der Waals surface area contributed by atoms with Crippen LogP contribution in [0.5, 0.6) is 0 Å². The molecule has 0 spiro atoms. The number of oxazole rings is 1. The van der Waals surface area contributed by atoms with E-state index in [1.54, 1.807) is 53.4 Å². The number of aryl methyl sites for hydroxylation is 1. The van der Waals surface area contributed by atoms with Crippen LogP contribution in [0.2, 0.25) is 5.02 Å². The zero-order valence-corrected chi connectivity index (χ0v) is 21.2. The van der Waals surface area contributed by atoms with E-state index in [1.807, 2.05) is 29.3 Å². The Morgan fingerprint density at radius 1 is 1.00 bits per heavy atom. The standard InChI is InChI=1S/C25H22ClN3O4S2/c1-17-4-10-20(11-5-17)35(31,32)23-25(33-22(27-23)21-3-2-16-34-21)29-14-12-28(13-15-29)24(30)18-6-8-19(26)9-7-18/h2-11,16H,12-15H2,1H3. The molecule has 0 unspecified atom stereocenters. The molecule has 1 fully saturated rings. The van der Waals surface area contributed by atoms with E-state index in [0.29, 0.717) is 36.8 Å². The predicted molar refractivity (Wildman–Crippen MR) is 136 cm³/mol. The monoisotopic (exact) mass is 527 g/mol. The first-order valence-corrected chi connectivity index (χ1v) is 13.7. The second-order valence-electron chi connectivity index (χ2n) is 8.21. The number of nitrogens with zero attached hydrogens (tertiary/aromatic N) is 3. The van der Waals surface area contributed by atoms with Crippen LogP contribution < -0.4 is 4.90 Å². The summed E-state index contributed by atoms with van der Waals surface area (Å²) in [5.74, 6) is 0.374. The Hall–Kier alpha value is -3.14. The number of piperazine rings is 1. The Morgan fingerprint density at radius 2 is 1.69 bits per heavy atom. The third-order valence-electron chi connectivity index (χ3n) is 5.84. The second kappa shape index (κ2) is 9.49. The van der Waals surface area contributed by atoms with Gasteiger partial charge < -0.3 is 14.2 Å². The van der Waals surface area contributed by atoms with Gasteiger partial charge >= 0.3 is 0 Å². The van der Waals surface area contributed by atoms with Gasteiger partial charge in [0.1, 0.15) is 0 Å². The fraction of sp³-hybridized carbons (Fsp3) is 0.200. The number of carbonyl (C=O) groups excluding carboxylic acids is 1. The normalized spacial score (nSPS) is 14.3. The highest BCUT2D eigenvalue weighted by Gasteiger charge is 2.33. The van der Waals surface area contributed by atoms with Crippen molar-refractivity contribution in [2.24, 2.45) is 0 Å². The van der Waals surface area contributed by atoms with Crippen molar-refractivity contribution in [2.75, 3.05) is 31.1 Å². The number of rotatable bonds is 5. The van der Waals surface area contributed by atoms with Crippen molar-refractivity contribution in [1.29, 1.82) is 0 Å². The summed E-state index contributed by atoms with van der Waals surface area (Å²) >= 11 is 7.36. The van der Waals surface area contributed by atoms with E-state index < -0.39 is 9.84 Å². The van der Waals surface area contributed by atoms with Crippen molar-refractivity contribution in [3.8, 4) is 10.8 Å². The third-order valence-corrected chi connectivity index (χ3v) is 8.62. The van der Waals surface area contributed by atoms with Crippen molar-refractivity contribution < 1.29 is 17.6 Å². The maximum Gasteiger partial charge on any atom is 0.253 e. The van der Waals surface area contributed by atoms with Gasteiger partial charge in [0.05, 0.1) is 9.77 Å². The highest BCUT2D eigenvalue weighted by atomic mass is 35.5. The molecule has 0 radical (unpaired) electrons. The van der Waals surface area contributed by atoms with Crippen LogP contribution in [-0.4, -0.2) is 50.4 Å². The summed E-state index contributed by atoms with van der Waals surface area (Å²) in [6, 6.07) is 17.2. The number of benzene rings is 2. The molecule has 0 bridgehead atoms. The Morgan fingerprint density at radius 3 is 2.31 bits per heavy atom. The van der Waals surface area contributed by atoms with Gasteiger partial charge in [0.2, 0.25) is 26.6 Å². The highest BCUT2D eigenvalue weighted by molar-refractivity contribution is 7.91. The number of carbonyl (C=O) groups is 1. The molecule has 1 amide bonds. The lowest BCUT2D eigenvalue weighted by Gasteiger charge is -2.34. The van der Waals surface area contributed by atoms with Gasteiger partial charge in [-0.15, -0.1) is 11.3 Å². The number of anilines is 1. The molecule has 35 heavy (non-hydrogen) atoms. The molecule has 1 saturated heterocycles. The SMILES string of the molecule is Cc1ccc(S(=O)(=O)c2nc(-c3cccs3)oc2N2CCN(C(=O)c3ccc(Cl)cc3)CC2)cc1. The molecule has 5 rings (SSSR count). The summed E-state index contributed by atoms with van der Waals surface area (Å²) in [6.45, 7) is 3.56. The molecule has 2 aromatic heterocycles. The molecule has 2 aromatic carbocycles. The van der Waals surface area contributed by atoms with Crippen molar-refractivity contribution >= 4 is 44.6 Å². The van der Waals surface area contributed by atoms with Crippen LogP contribution >= 0.6 is 22.9 Å². The minimum absolute atomic E-state index is 0.0920. The van der Waals surface area contributed by atoms with Gasteiger partial charge in [-0.1, -0.05) is 35.4 Å². The molecule has 1 aliphatic rings. The number of amides is 1. The van der Waals surface area contributed by atoms with E-state index in [2.05, 4.69) is 4.98 Å². The van der Waals surface area contributed by atoms with E-state index in [-0.39, 0.29) is 27.6 Å². The molecule has 4 aromatic rings. The number of hydrogen-bond donors (Lipinski definition) is 0. The van der Waals surface area contributed by atoms with Gasteiger partial charge in [0.15, 0.2) is 0 Å². The molecule has 10 heteroatoms. The lowest BCUT2D eigenvalue weighted by atomic mass is 10.2. The Kier molecular flexibility index (Phi) is 6.39. The Balaban J connectivity index is 1.44. The van der Waals surface area contributed by atoms with Gasteiger partial charge in [-0.25, -0.2) is 8.42 Å². The number of aromatic nitrogens is 1. The molecule has 3 heterocycles. The zero-order valence-electron chi connectivity index (χ0n) is 18.8. The van der Waals surface area contributed by atoms with Crippen molar-refractivity contribution in [1.82, 2.24) is 9.88 Å². The Labute approximate surface area is 212 Å². The van der Waals surface area contributed by atoms with Crippen LogP contribution in [0.4, 0.5) is 5.88 Å². The topological polar surface area (TPSA) is 83.7 Å². The van der Waals surface area contributed by atoms with Gasteiger partial charge in [-0.2, -0.15) is 4.98 Å². The van der Waals surface area contributed by atoms with Crippen LogP contribution in [0.15, 0.2) is 80.4 Å². The average molecular weight is 528 g/mol. The van der Waals surface area contributed by atoms with E-state index >= 15 is 0 Å². The van der Waals surface area contributed by atoms with Crippen LogP contribution in [0, 0.1) is 6.92 Å². The molecular formula is C25H22ClN3O4S2. The van der Waals surface area contributed by atoms with Gasteiger partial charge in [0.25, 0.3) is 5.91 Å². The maximum atomic E-state index is 13.6. The molecule has 0 saturated carbocycles. The first kappa shape index (κ1) is 23.6. The van der Waals surface area contributed by atoms with Gasteiger partial charge in [0, 0.05) is 36.8 Å². The molecule has 0 aliphatic carbocycles. The fourth-order valence-electron chi connectivity index (χ4n) is 3.90. The summed E-state index contributed by atoms with van der Waals surface area (Å²) in [5.41, 5.74) is 1.52. The first-order chi connectivity index (χ1) is 16.8. The summed E-state index contributed by atoms with van der Waals surface area (Å²) in [4.78, 5) is 21.8. The quantitative estimate of drug-likeness (QED) is 0.356. The summed E-state index contributed by atoms with van der Waals surface area (Å²) in [5, 5.41) is 2.34. The predicted octanol–water partition coefficient (Wildman–Crippen LogP) is 5.16. The molecule has 1 aliphatic heterocycles. The van der Waals surface area contributed by atoms with Crippen LogP contribution in [0.1, 0.15) is 15.9 Å². The lowest BCUT2D eigenvalue weighted by Crippen LogP contribution is -2.49. The zero-order chi connectivity index (χ0) is 24.6. The van der Waals surface area contributed by atoms with Crippen molar-refractivity contribution in [3.05, 3.63) is 82.2 Å². The van der Waals surface area contributed by atoms with E-state index in [1.165, 1.54) is 11.3 Å². The second-order valence-corrected chi connectivity index (χ2v) is 11.5. The average Bonchev–Trinajstić information content (AvgIpc) is 3.55. The lowest BCUT2D eigenvalue weighted by molar-refractivity contribution is 0.0745. The van der Waals surface area contributed by atoms with Crippen molar-refractivity contribution in [2.45, 2.75) is 16.8 Å². The van der Waals surface area contributed by atoms with Crippen LogP contribution in [0.25, 0.3) is 10.8 Å². The largest absolute Gasteiger partial charge is 0.418 e. The highest BCUT2D eigenvalue weighted by Crippen LogP contribution is 2.36. The molecule has 180 valence electrons. The van der Waals surface area contributed by atoms with Gasteiger partial charge in [-0.3, -0.25) is 4.79 Å². The van der Waals surface area contributed by atoms with Crippen LogP contribution in [0.3, 0.4) is 0 Å². The summed E-state index contributed by atoms with van der Waals surface area (Å²) < 4.78 is 33.2. The third kappa shape index (κ3) is 4.71. The number of halogens is 1. The van der Waals surface area contributed by atoms with Crippen LogP contribution in [-0.2, 0) is 9.84 Å². The maximum absolute atomic E-state index is 13.6. The number of thiophene rings is 1. The molecular weight excluding hydrogens is 506 g/mol. The van der Waals surface area contributed by atoms with Crippen molar-refractivity contribution in [3.63, 3.8) is 0 Å². The number of hydrogen-bond acceptors (Lipinski definition) is 7. The van der Waals surface area contributed by atoms with Gasteiger partial charge in [-0.05, 0) is 54.8 Å².